The molecule has 1 amide bonds. The fraction of sp³-hybridized carbons (Fsp3) is 0.500. The third kappa shape index (κ3) is 2.31. The van der Waals surface area contributed by atoms with Gasteiger partial charge in [-0.05, 0) is 0 Å². The molecule has 0 unspecified atom stereocenters. The summed E-state index contributed by atoms with van der Waals surface area (Å²) in [4.78, 5) is 23.9. The van der Waals surface area contributed by atoms with Crippen molar-refractivity contribution in [1.82, 2.24) is 9.62 Å². The molecule has 2 rings (SSSR count). The zero-order chi connectivity index (χ0) is 12.8. The number of hydrogen-bond acceptors (Lipinski definition) is 5. The molecular formula is C8H10N2O5S2. The van der Waals surface area contributed by atoms with E-state index in [9.17, 15) is 18.0 Å². The second-order valence-electron chi connectivity index (χ2n) is 3.71. The third-order valence-corrected chi connectivity index (χ3v) is 4.33. The standard InChI is InChI=1S/C8H10N2O5S2/c1-17(14,15)9-3-4-7(8(12)13)10-5(11)2-6(10)16-4/h6,9H,2-3H2,1H3,(H,12,13)/t6-/m0/s1. The Morgan fingerprint density at radius 1 is 1.65 bits per heavy atom. The molecule has 7 nitrogen and oxygen atoms in total. The lowest BCUT2D eigenvalue weighted by molar-refractivity contribution is -0.145. The van der Waals surface area contributed by atoms with E-state index in [1.54, 1.807) is 0 Å². The van der Waals surface area contributed by atoms with Gasteiger partial charge in [-0.2, -0.15) is 0 Å². The van der Waals surface area contributed by atoms with Crippen molar-refractivity contribution >= 4 is 33.7 Å². The van der Waals surface area contributed by atoms with Crippen molar-refractivity contribution in [2.24, 2.45) is 0 Å². The van der Waals surface area contributed by atoms with E-state index in [0.29, 0.717) is 11.3 Å². The average molecular weight is 278 g/mol. The number of β-lactam (4-membered cyclic amide) rings is 1. The van der Waals surface area contributed by atoms with Crippen molar-refractivity contribution in [2.75, 3.05) is 12.8 Å². The molecule has 2 heterocycles. The number of carbonyl (C=O) groups excluding carboxylic acids is 1. The Bertz CT molecular complexity index is 524. The molecule has 0 saturated carbocycles. The quantitative estimate of drug-likeness (QED) is 0.648. The van der Waals surface area contributed by atoms with Gasteiger partial charge in [0.25, 0.3) is 0 Å². The van der Waals surface area contributed by atoms with Crippen LogP contribution in [-0.2, 0) is 19.6 Å². The lowest BCUT2D eigenvalue weighted by Gasteiger charge is -2.33. The first-order valence-corrected chi connectivity index (χ1v) is 7.46. The van der Waals surface area contributed by atoms with Crippen LogP contribution in [0, 0.1) is 0 Å². The number of sulfonamides is 1. The summed E-state index contributed by atoms with van der Waals surface area (Å²) in [6.45, 7) is -0.0919. The molecule has 1 fully saturated rings. The fourth-order valence-electron chi connectivity index (χ4n) is 1.65. The van der Waals surface area contributed by atoms with E-state index in [2.05, 4.69) is 4.72 Å². The minimum Gasteiger partial charge on any atom is -0.477 e. The van der Waals surface area contributed by atoms with Crippen molar-refractivity contribution in [3.05, 3.63) is 10.6 Å². The summed E-state index contributed by atoms with van der Waals surface area (Å²) in [5.74, 6) is -1.45. The number of hydrogen-bond donors (Lipinski definition) is 2. The van der Waals surface area contributed by atoms with Crippen molar-refractivity contribution in [3.63, 3.8) is 0 Å². The van der Waals surface area contributed by atoms with Crippen LogP contribution in [0.5, 0.6) is 0 Å². The number of nitrogens with zero attached hydrogens (tertiary/aromatic N) is 1. The maximum Gasteiger partial charge on any atom is 0.353 e. The topological polar surface area (TPSA) is 104 Å². The van der Waals surface area contributed by atoms with Gasteiger partial charge in [-0.15, -0.1) is 11.8 Å². The summed E-state index contributed by atoms with van der Waals surface area (Å²) in [7, 11) is -3.38. The van der Waals surface area contributed by atoms with Gasteiger partial charge in [-0.25, -0.2) is 17.9 Å². The molecule has 2 aliphatic rings. The Balaban J connectivity index is 2.21. The molecule has 0 aromatic carbocycles. The molecule has 94 valence electrons. The first-order valence-electron chi connectivity index (χ1n) is 4.69. The molecule has 1 atom stereocenters. The van der Waals surface area contributed by atoms with Gasteiger partial charge in [0.05, 0.1) is 18.1 Å². The van der Waals surface area contributed by atoms with Gasteiger partial charge in [-0.1, -0.05) is 0 Å². The monoisotopic (exact) mass is 278 g/mol. The molecule has 0 aliphatic carbocycles. The summed E-state index contributed by atoms with van der Waals surface area (Å²) in [6.07, 6.45) is 1.29. The number of nitrogens with one attached hydrogen (secondary N) is 1. The van der Waals surface area contributed by atoms with E-state index < -0.39 is 16.0 Å². The Hall–Kier alpha value is -1.06. The molecule has 2 N–H and O–H groups in total. The predicted molar refractivity (Wildman–Crippen MR) is 60.4 cm³/mol. The summed E-state index contributed by atoms with van der Waals surface area (Å²) < 4.78 is 24.1. The van der Waals surface area contributed by atoms with Crippen LogP contribution in [0.1, 0.15) is 6.42 Å². The number of carboxylic acid groups (broad SMARTS) is 1. The number of thioether (sulfide) groups is 1. The van der Waals surface area contributed by atoms with Gasteiger partial charge in [0, 0.05) is 11.4 Å². The van der Waals surface area contributed by atoms with Gasteiger partial charge in [0.15, 0.2) is 0 Å². The molecule has 0 radical (unpaired) electrons. The van der Waals surface area contributed by atoms with Crippen LogP contribution in [0.2, 0.25) is 0 Å². The molecule has 1 saturated heterocycles. The van der Waals surface area contributed by atoms with Gasteiger partial charge >= 0.3 is 5.97 Å². The van der Waals surface area contributed by atoms with Crippen molar-refractivity contribution in [3.8, 4) is 0 Å². The van der Waals surface area contributed by atoms with E-state index in [-0.39, 0.29) is 23.5 Å². The maximum atomic E-state index is 11.3. The van der Waals surface area contributed by atoms with Gasteiger partial charge < -0.3 is 5.11 Å². The highest BCUT2D eigenvalue weighted by molar-refractivity contribution is 8.04. The van der Waals surface area contributed by atoms with Crippen LogP contribution in [0.25, 0.3) is 0 Å². The number of amides is 1. The Morgan fingerprint density at radius 2 is 2.29 bits per heavy atom. The lowest BCUT2D eigenvalue weighted by atomic mass is 10.1. The van der Waals surface area contributed by atoms with E-state index in [1.807, 2.05) is 0 Å². The van der Waals surface area contributed by atoms with Crippen LogP contribution in [0.4, 0.5) is 0 Å². The number of carboxylic acids is 1. The van der Waals surface area contributed by atoms with Crippen LogP contribution in [-0.4, -0.2) is 48.5 Å². The van der Waals surface area contributed by atoms with Gasteiger partial charge in [0.1, 0.15) is 5.70 Å². The number of aliphatic carboxylic acids is 1. The number of fused-ring (bicyclic) bond motifs is 1. The normalized spacial score (nSPS) is 23.7. The Morgan fingerprint density at radius 3 is 2.76 bits per heavy atom. The van der Waals surface area contributed by atoms with E-state index >= 15 is 0 Å². The Labute approximate surface area is 102 Å². The van der Waals surface area contributed by atoms with Gasteiger partial charge in [-0.3, -0.25) is 9.69 Å². The maximum absolute atomic E-state index is 11.3. The third-order valence-electron chi connectivity index (χ3n) is 2.39. The molecule has 17 heavy (non-hydrogen) atoms. The van der Waals surface area contributed by atoms with E-state index in [4.69, 9.17) is 5.11 Å². The highest BCUT2D eigenvalue weighted by Gasteiger charge is 2.48. The van der Waals surface area contributed by atoms with Crippen molar-refractivity contribution in [1.29, 1.82) is 0 Å². The minimum atomic E-state index is -3.38. The minimum absolute atomic E-state index is 0.0919. The fourth-order valence-corrected chi connectivity index (χ4v) is 3.48. The first-order chi connectivity index (χ1) is 7.79. The summed E-state index contributed by atoms with van der Waals surface area (Å²) in [5.41, 5.74) is -0.104. The predicted octanol–water partition coefficient (Wildman–Crippen LogP) is -0.863. The van der Waals surface area contributed by atoms with Crippen LogP contribution < -0.4 is 4.72 Å². The summed E-state index contributed by atoms with van der Waals surface area (Å²) in [6, 6.07) is 0. The second kappa shape index (κ2) is 4.00. The van der Waals surface area contributed by atoms with Crippen LogP contribution >= 0.6 is 11.8 Å². The molecule has 0 bridgehead atoms. The van der Waals surface area contributed by atoms with Crippen LogP contribution in [0.15, 0.2) is 10.6 Å². The number of rotatable bonds is 4. The van der Waals surface area contributed by atoms with E-state index in [1.165, 1.54) is 16.7 Å². The first kappa shape index (κ1) is 12.4. The van der Waals surface area contributed by atoms with Crippen molar-refractivity contribution in [2.45, 2.75) is 11.8 Å². The van der Waals surface area contributed by atoms with E-state index in [0.717, 1.165) is 6.26 Å². The second-order valence-corrected chi connectivity index (χ2v) is 6.82. The molecule has 0 aromatic rings. The SMILES string of the molecule is CS(=O)(=O)NCC1=C(C(=O)O)N2C(=O)C[C@@H]2S1. The molecule has 9 heteroatoms. The summed E-state index contributed by atoms with van der Waals surface area (Å²) in [5, 5.41) is 8.82. The smallest absolute Gasteiger partial charge is 0.353 e. The molecular weight excluding hydrogens is 268 g/mol. The Kier molecular flexibility index (Phi) is 2.92. The average Bonchev–Trinajstić information content (AvgIpc) is 2.46. The number of carbonyl (C=O) groups is 2. The highest BCUT2D eigenvalue weighted by atomic mass is 32.2. The summed E-state index contributed by atoms with van der Waals surface area (Å²) >= 11 is 1.22. The van der Waals surface area contributed by atoms with Crippen LogP contribution in [0.3, 0.4) is 0 Å². The highest BCUT2D eigenvalue weighted by Crippen LogP contribution is 2.45. The zero-order valence-corrected chi connectivity index (χ0v) is 10.5. The molecule has 0 aromatic heterocycles. The largest absolute Gasteiger partial charge is 0.477 e. The van der Waals surface area contributed by atoms with Crippen molar-refractivity contribution < 1.29 is 23.1 Å². The zero-order valence-electron chi connectivity index (χ0n) is 8.84. The van der Waals surface area contributed by atoms with Gasteiger partial charge in [0.2, 0.25) is 15.9 Å². The lowest BCUT2D eigenvalue weighted by Crippen LogP contribution is -2.48. The molecule has 0 spiro atoms. The molecule has 2 aliphatic heterocycles.